The lowest BCUT2D eigenvalue weighted by atomic mass is 10.0. The van der Waals surface area contributed by atoms with E-state index >= 15 is 0 Å². The van der Waals surface area contributed by atoms with Crippen LogP contribution in [-0.2, 0) is 32.6 Å². The molecule has 0 aliphatic heterocycles. The van der Waals surface area contributed by atoms with Crippen LogP contribution in [0.2, 0.25) is 5.02 Å². The number of sulfonamides is 1. The van der Waals surface area contributed by atoms with E-state index in [0.717, 1.165) is 21.0 Å². The maximum Gasteiger partial charge on any atom is 0.264 e. The molecule has 45 heavy (non-hydrogen) atoms. The topological polar surface area (TPSA) is 86.8 Å². The molecule has 0 radical (unpaired) electrons. The lowest BCUT2D eigenvalue weighted by molar-refractivity contribution is -0.140. The lowest BCUT2D eigenvalue weighted by Gasteiger charge is -2.35. The number of aryl methyl sites for hydroxylation is 1. The summed E-state index contributed by atoms with van der Waals surface area (Å²) in [6.07, 6.45) is 0.226. The van der Waals surface area contributed by atoms with Gasteiger partial charge < -0.3 is 10.2 Å². The van der Waals surface area contributed by atoms with Gasteiger partial charge in [0.15, 0.2) is 0 Å². The van der Waals surface area contributed by atoms with E-state index < -0.39 is 34.1 Å². The first kappa shape index (κ1) is 33.7. The molecule has 0 aliphatic carbocycles. The van der Waals surface area contributed by atoms with Crippen molar-refractivity contribution in [2.75, 3.05) is 10.8 Å². The zero-order chi connectivity index (χ0) is 32.8. The Bertz CT molecular complexity index is 1740. The van der Waals surface area contributed by atoms with Gasteiger partial charge in [0.1, 0.15) is 12.6 Å². The molecule has 2 amide bonds. The van der Waals surface area contributed by atoms with Gasteiger partial charge in [-0.05, 0) is 87.2 Å². The number of anilines is 1. The molecule has 4 rings (SSSR count). The first-order valence-electron chi connectivity index (χ1n) is 14.8. The van der Waals surface area contributed by atoms with Gasteiger partial charge in [0, 0.05) is 23.5 Å². The predicted octanol–water partition coefficient (Wildman–Crippen LogP) is 6.71. The van der Waals surface area contributed by atoms with Crippen molar-refractivity contribution in [3.63, 3.8) is 0 Å². The molecule has 0 fully saturated rings. The molecule has 4 aromatic carbocycles. The fourth-order valence-electron chi connectivity index (χ4n) is 5.08. The number of rotatable bonds is 11. The van der Waals surface area contributed by atoms with E-state index in [-0.39, 0.29) is 23.8 Å². The molecule has 0 saturated heterocycles. The molecule has 9 heteroatoms. The molecule has 7 nitrogen and oxygen atoms in total. The number of benzene rings is 4. The third-order valence-electron chi connectivity index (χ3n) is 7.47. The fraction of sp³-hybridized carbons (Fsp3) is 0.278. The monoisotopic (exact) mass is 645 g/mol. The molecular formula is C36H40ClN3O4S. The van der Waals surface area contributed by atoms with Crippen LogP contribution in [-0.4, -0.2) is 43.3 Å². The van der Waals surface area contributed by atoms with Crippen LogP contribution < -0.4 is 9.62 Å². The molecule has 1 atom stereocenters. The minimum absolute atomic E-state index is 0.0421. The van der Waals surface area contributed by atoms with Crippen LogP contribution >= 0.6 is 11.6 Å². The van der Waals surface area contributed by atoms with Crippen LogP contribution in [0.3, 0.4) is 0 Å². The van der Waals surface area contributed by atoms with Crippen molar-refractivity contribution in [3.8, 4) is 0 Å². The van der Waals surface area contributed by atoms with Crippen molar-refractivity contribution in [1.82, 2.24) is 10.2 Å². The van der Waals surface area contributed by atoms with Crippen molar-refractivity contribution in [1.29, 1.82) is 0 Å². The van der Waals surface area contributed by atoms with Gasteiger partial charge >= 0.3 is 0 Å². The zero-order valence-corrected chi connectivity index (χ0v) is 27.9. The van der Waals surface area contributed by atoms with Crippen molar-refractivity contribution in [3.05, 3.63) is 130 Å². The van der Waals surface area contributed by atoms with E-state index in [0.29, 0.717) is 16.3 Å². The summed E-state index contributed by atoms with van der Waals surface area (Å²) in [5.41, 5.74) is 3.01. The second-order valence-corrected chi connectivity index (χ2v) is 14.4. The summed E-state index contributed by atoms with van der Waals surface area (Å²) in [6.45, 7) is 8.89. The van der Waals surface area contributed by atoms with Gasteiger partial charge in [-0.2, -0.15) is 0 Å². The molecular weight excluding hydrogens is 606 g/mol. The van der Waals surface area contributed by atoms with Gasteiger partial charge in [0.2, 0.25) is 11.8 Å². The first-order chi connectivity index (χ1) is 21.3. The zero-order valence-electron chi connectivity index (χ0n) is 26.3. The SMILES string of the molecule is Cc1cccc(N(CC(=O)N(Cc2cccc(Cl)c2)[C@@H](Cc2ccccc2)C(=O)NC(C)(C)C)S(=O)(=O)c2ccccc2)c1C. The number of nitrogens with zero attached hydrogens (tertiary/aromatic N) is 2. The third kappa shape index (κ3) is 8.74. The summed E-state index contributed by atoms with van der Waals surface area (Å²) < 4.78 is 29.5. The van der Waals surface area contributed by atoms with Crippen LogP contribution in [0.5, 0.6) is 0 Å². The maximum atomic E-state index is 14.6. The first-order valence-corrected chi connectivity index (χ1v) is 16.6. The molecule has 0 heterocycles. The van der Waals surface area contributed by atoms with Crippen LogP contribution in [0, 0.1) is 13.8 Å². The Labute approximate surface area is 271 Å². The van der Waals surface area contributed by atoms with E-state index in [2.05, 4.69) is 5.32 Å². The van der Waals surface area contributed by atoms with Crippen LogP contribution in [0.1, 0.15) is 43.0 Å². The summed E-state index contributed by atoms with van der Waals surface area (Å²) >= 11 is 6.32. The predicted molar refractivity (Wildman–Crippen MR) is 181 cm³/mol. The smallest absolute Gasteiger partial charge is 0.264 e. The lowest BCUT2D eigenvalue weighted by Crippen LogP contribution is -2.56. The molecule has 0 spiro atoms. The highest BCUT2D eigenvalue weighted by Gasteiger charge is 2.36. The number of amides is 2. The van der Waals surface area contributed by atoms with Gasteiger partial charge in [-0.1, -0.05) is 84.4 Å². The molecule has 236 valence electrons. The number of hydrogen-bond acceptors (Lipinski definition) is 4. The largest absolute Gasteiger partial charge is 0.350 e. The quantitative estimate of drug-likeness (QED) is 0.197. The van der Waals surface area contributed by atoms with E-state index in [9.17, 15) is 18.0 Å². The minimum atomic E-state index is -4.17. The Morgan fingerprint density at radius 1 is 0.822 bits per heavy atom. The number of carbonyl (C=O) groups is 2. The number of nitrogens with one attached hydrogen (secondary N) is 1. The summed E-state index contributed by atoms with van der Waals surface area (Å²) in [6, 6.07) is 29.0. The molecule has 0 unspecified atom stereocenters. The van der Waals surface area contributed by atoms with Gasteiger partial charge in [0.25, 0.3) is 10.0 Å². The molecule has 0 saturated carbocycles. The summed E-state index contributed by atoms with van der Waals surface area (Å²) in [5, 5.41) is 3.53. The molecule has 0 bridgehead atoms. The van der Waals surface area contributed by atoms with Gasteiger partial charge in [-0.15, -0.1) is 0 Å². The number of carbonyl (C=O) groups excluding carboxylic acids is 2. The van der Waals surface area contributed by atoms with Crippen molar-refractivity contribution in [2.45, 2.75) is 64.1 Å². The Hall–Kier alpha value is -4.14. The Morgan fingerprint density at radius 2 is 1.42 bits per heavy atom. The standard InChI is InChI=1S/C36H40ClN3O4S/c1-26-14-12-21-32(27(26)2)40(45(43,44)31-19-10-7-11-20-31)25-34(41)39(24-29-17-13-18-30(37)22-29)33(35(42)38-36(3,4)5)23-28-15-8-6-9-16-28/h6-22,33H,23-25H2,1-5H3,(H,38,42)/t33-/m0/s1. The average molecular weight is 646 g/mol. The van der Waals surface area contributed by atoms with Crippen LogP contribution in [0.4, 0.5) is 5.69 Å². The minimum Gasteiger partial charge on any atom is -0.350 e. The molecule has 0 aromatic heterocycles. The average Bonchev–Trinajstić information content (AvgIpc) is 2.99. The third-order valence-corrected chi connectivity index (χ3v) is 9.48. The number of hydrogen-bond donors (Lipinski definition) is 1. The van der Waals surface area contributed by atoms with E-state index in [1.807, 2.05) is 77.1 Å². The van der Waals surface area contributed by atoms with Gasteiger partial charge in [-0.25, -0.2) is 8.42 Å². The molecule has 4 aromatic rings. The fourth-order valence-corrected chi connectivity index (χ4v) is 6.78. The highest BCUT2D eigenvalue weighted by molar-refractivity contribution is 7.92. The second kappa shape index (κ2) is 14.3. The Kier molecular flexibility index (Phi) is 10.7. The summed E-state index contributed by atoms with van der Waals surface area (Å²) in [7, 11) is -4.17. The van der Waals surface area contributed by atoms with Crippen LogP contribution in [0.15, 0.2) is 108 Å². The van der Waals surface area contributed by atoms with Crippen molar-refractivity contribution < 1.29 is 18.0 Å². The normalized spacial score (nSPS) is 12.3. The molecule has 0 aliphatic rings. The van der Waals surface area contributed by atoms with Gasteiger partial charge in [0.05, 0.1) is 10.6 Å². The summed E-state index contributed by atoms with van der Waals surface area (Å²) in [5.74, 6) is -0.869. The van der Waals surface area contributed by atoms with E-state index in [1.165, 1.54) is 17.0 Å². The maximum absolute atomic E-state index is 14.6. The van der Waals surface area contributed by atoms with Gasteiger partial charge in [-0.3, -0.25) is 13.9 Å². The van der Waals surface area contributed by atoms with E-state index in [4.69, 9.17) is 11.6 Å². The summed E-state index contributed by atoms with van der Waals surface area (Å²) in [4.78, 5) is 30.1. The van der Waals surface area contributed by atoms with Crippen molar-refractivity contribution in [2.24, 2.45) is 0 Å². The highest BCUT2D eigenvalue weighted by atomic mass is 35.5. The van der Waals surface area contributed by atoms with Crippen LogP contribution in [0.25, 0.3) is 0 Å². The number of halogens is 1. The Balaban J connectivity index is 1.84. The Morgan fingerprint density at radius 3 is 2.04 bits per heavy atom. The van der Waals surface area contributed by atoms with Crippen molar-refractivity contribution >= 4 is 39.1 Å². The highest BCUT2D eigenvalue weighted by Crippen LogP contribution is 2.29. The van der Waals surface area contributed by atoms with E-state index in [1.54, 1.807) is 48.5 Å². The second-order valence-electron chi connectivity index (χ2n) is 12.1. The molecule has 1 N–H and O–H groups in total.